The zero-order valence-electron chi connectivity index (χ0n) is 24.6. The molecular formula is C35H44N2O4. The number of Topliss-reactive ketones (excluding diaryl/α,β-unsaturated/α-hetero) is 2. The fourth-order valence-electron chi connectivity index (χ4n) is 6.60. The van der Waals surface area contributed by atoms with Gasteiger partial charge in [0.05, 0.1) is 7.11 Å². The van der Waals surface area contributed by atoms with E-state index in [-0.39, 0.29) is 23.4 Å². The van der Waals surface area contributed by atoms with Crippen molar-refractivity contribution in [2.24, 2.45) is 23.7 Å². The van der Waals surface area contributed by atoms with Gasteiger partial charge in [-0.1, -0.05) is 61.2 Å². The predicted molar refractivity (Wildman–Crippen MR) is 164 cm³/mol. The SMILES string of the molecule is C=C(CN1CCN(C)CC1)C(=O)c1ccccc1.C=C[C@@H]1C[C@@H](Cc2ccc(OC)c(O)c2)[C@H]2C(=O)CCC(=C)[C@H]21. The molecule has 2 aliphatic carbocycles. The monoisotopic (exact) mass is 556 g/mol. The molecule has 0 bridgehead atoms. The number of methoxy groups -OCH3 is 1. The number of hydrogen-bond acceptors (Lipinski definition) is 6. The topological polar surface area (TPSA) is 70.1 Å². The number of allylic oxidation sites excluding steroid dienone is 2. The Hall–Kier alpha value is -3.48. The fourth-order valence-corrected chi connectivity index (χ4v) is 6.60. The first-order valence-electron chi connectivity index (χ1n) is 14.6. The van der Waals surface area contributed by atoms with E-state index in [9.17, 15) is 14.7 Å². The lowest BCUT2D eigenvalue weighted by molar-refractivity contribution is -0.126. The Balaban J connectivity index is 0.000000195. The van der Waals surface area contributed by atoms with E-state index in [4.69, 9.17) is 4.74 Å². The highest BCUT2D eigenvalue weighted by Crippen LogP contribution is 2.51. The van der Waals surface area contributed by atoms with Gasteiger partial charge in [-0.05, 0) is 61.8 Å². The Kier molecular flexibility index (Phi) is 10.4. The fraction of sp³-hybridized carbons (Fsp3) is 0.429. The van der Waals surface area contributed by atoms with E-state index >= 15 is 0 Å². The lowest BCUT2D eigenvalue weighted by Gasteiger charge is -2.32. The van der Waals surface area contributed by atoms with Crippen LogP contribution in [0.2, 0.25) is 0 Å². The maximum absolute atomic E-state index is 12.5. The van der Waals surface area contributed by atoms with Gasteiger partial charge in [-0.15, -0.1) is 6.58 Å². The van der Waals surface area contributed by atoms with Gasteiger partial charge in [-0.25, -0.2) is 0 Å². The molecule has 0 radical (unpaired) electrons. The summed E-state index contributed by atoms with van der Waals surface area (Å²) in [5.41, 5.74) is 3.67. The summed E-state index contributed by atoms with van der Waals surface area (Å²) in [7, 11) is 3.67. The minimum atomic E-state index is 0.0588. The van der Waals surface area contributed by atoms with E-state index in [0.717, 1.165) is 56.6 Å². The Labute approximate surface area is 245 Å². The van der Waals surface area contributed by atoms with E-state index in [1.165, 1.54) is 12.7 Å². The van der Waals surface area contributed by atoms with Crippen LogP contribution >= 0.6 is 0 Å². The Morgan fingerprint density at radius 2 is 1.78 bits per heavy atom. The molecule has 41 heavy (non-hydrogen) atoms. The highest BCUT2D eigenvalue weighted by atomic mass is 16.5. The van der Waals surface area contributed by atoms with Crippen LogP contribution in [-0.4, -0.2) is 73.4 Å². The standard InChI is InChI=1S/C20H24O3.C15H20N2O/c1-4-14-11-15(20-16(21)7-5-12(2)19(14)20)9-13-6-8-18(23-3)17(22)10-13;1-13(12-17-10-8-16(2)9-11-17)15(18)14-6-4-3-5-7-14/h4,6,8,10,14-15,19-20,22H,1-2,5,7,9,11H2,3H3;3-7H,1,8-12H2,2H3/t14-,15-,19+,20+;/m1./s1. The number of phenols is 1. The van der Waals surface area contributed by atoms with Gasteiger partial charge < -0.3 is 14.7 Å². The number of hydrogen-bond donors (Lipinski definition) is 1. The summed E-state index contributed by atoms with van der Waals surface area (Å²) < 4.78 is 5.09. The molecule has 3 fully saturated rings. The van der Waals surface area contributed by atoms with Crippen molar-refractivity contribution in [2.45, 2.75) is 25.7 Å². The van der Waals surface area contributed by atoms with Crippen LogP contribution in [0.25, 0.3) is 0 Å². The molecule has 1 N–H and O–H groups in total. The van der Waals surface area contributed by atoms with Crippen molar-refractivity contribution >= 4 is 11.6 Å². The molecule has 1 aliphatic heterocycles. The molecule has 2 aromatic carbocycles. The number of nitrogens with zero attached hydrogens (tertiary/aromatic N) is 2. The minimum Gasteiger partial charge on any atom is -0.504 e. The molecule has 6 heteroatoms. The summed E-state index contributed by atoms with van der Waals surface area (Å²) in [4.78, 5) is 29.3. The molecule has 0 spiro atoms. The zero-order chi connectivity index (χ0) is 29.5. The van der Waals surface area contributed by atoms with Crippen LogP contribution in [0.5, 0.6) is 11.5 Å². The molecule has 1 heterocycles. The number of phenolic OH excluding ortho intramolecular Hbond substituents is 1. The van der Waals surface area contributed by atoms with Gasteiger partial charge in [-0.2, -0.15) is 0 Å². The highest BCUT2D eigenvalue weighted by Gasteiger charge is 2.48. The number of rotatable bonds is 8. The first-order valence-corrected chi connectivity index (χ1v) is 14.6. The van der Waals surface area contributed by atoms with Gasteiger partial charge in [-0.3, -0.25) is 14.5 Å². The second-order valence-electron chi connectivity index (χ2n) is 11.7. The Morgan fingerprint density at radius 1 is 1.07 bits per heavy atom. The second kappa shape index (κ2) is 13.9. The first-order chi connectivity index (χ1) is 19.7. The van der Waals surface area contributed by atoms with Crippen molar-refractivity contribution in [2.75, 3.05) is 46.9 Å². The van der Waals surface area contributed by atoms with Crippen LogP contribution in [-0.2, 0) is 11.2 Å². The van der Waals surface area contributed by atoms with Gasteiger partial charge in [0, 0.05) is 56.2 Å². The Morgan fingerprint density at radius 3 is 2.41 bits per heavy atom. The number of ketones is 2. The average molecular weight is 557 g/mol. The molecular weight excluding hydrogens is 512 g/mol. The summed E-state index contributed by atoms with van der Waals surface area (Å²) in [6.07, 6.45) is 5.19. The number of aromatic hydroxyl groups is 1. The summed E-state index contributed by atoms with van der Waals surface area (Å²) in [5.74, 6) is 2.01. The third kappa shape index (κ3) is 7.43. The first kappa shape index (κ1) is 30.5. The quantitative estimate of drug-likeness (QED) is 0.260. The van der Waals surface area contributed by atoms with Crippen molar-refractivity contribution in [3.8, 4) is 11.5 Å². The minimum absolute atomic E-state index is 0.0588. The van der Waals surface area contributed by atoms with E-state index in [0.29, 0.717) is 41.9 Å². The molecule has 5 rings (SSSR count). The van der Waals surface area contributed by atoms with Gasteiger partial charge >= 0.3 is 0 Å². The second-order valence-corrected chi connectivity index (χ2v) is 11.7. The van der Waals surface area contributed by atoms with Crippen molar-refractivity contribution in [3.63, 3.8) is 0 Å². The summed E-state index contributed by atoms with van der Waals surface area (Å²) in [6, 6.07) is 14.9. The van der Waals surface area contributed by atoms with Crippen molar-refractivity contribution < 1.29 is 19.4 Å². The van der Waals surface area contributed by atoms with E-state index in [1.54, 1.807) is 12.1 Å². The Bertz CT molecular complexity index is 1260. The maximum Gasteiger partial charge on any atom is 0.189 e. The highest BCUT2D eigenvalue weighted by molar-refractivity contribution is 6.08. The smallest absolute Gasteiger partial charge is 0.189 e. The van der Waals surface area contributed by atoms with Crippen LogP contribution in [0.3, 0.4) is 0 Å². The largest absolute Gasteiger partial charge is 0.504 e. The normalized spacial score (nSPS) is 24.6. The summed E-state index contributed by atoms with van der Waals surface area (Å²) >= 11 is 0. The van der Waals surface area contributed by atoms with Gasteiger partial charge in [0.15, 0.2) is 17.3 Å². The lowest BCUT2D eigenvalue weighted by atomic mass is 9.71. The lowest BCUT2D eigenvalue weighted by Crippen LogP contribution is -2.45. The molecule has 0 aromatic heterocycles. The van der Waals surface area contributed by atoms with E-state index < -0.39 is 0 Å². The van der Waals surface area contributed by atoms with Crippen LogP contribution in [0.4, 0.5) is 0 Å². The molecule has 2 aromatic rings. The van der Waals surface area contributed by atoms with Gasteiger partial charge in [0.1, 0.15) is 5.78 Å². The van der Waals surface area contributed by atoms with Gasteiger partial charge in [0.2, 0.25) is 0 Å². The maximum atomic E-state index is 12.5. The molecule has 0 unspecified atom stereocenters. The van der Waals surface area contributed by atoms with Crippen LogP contribution in [0.1, 0.15) is 35.2 Å². The predicted octanol–water partition coefficient (Wildman–Crippen LogP) is 5.59. The number of likely N-dealkylation sites (N-methyl/N-ethyl adjacent to an activating group) is 1. The number of carbonyl (C=O) groups is 2. The third-order valence-electron chi connectivity index (χ3n) is 8.88. The van der Waals surface area contributed by atoms with Crippen molar-refractivity contribution in [1.29, 1.82) is 0 Å². The van der Waals surface area contributed by atoms with Crippen LogP contribution in [0, 0.1) is 23.7 Å². The third-order valence-corrected chi connectivity index (χ3v) is 8.88. The molecule has 6 nitrogen and oxygen atoms in total. The van der Waals surface area contributed by atoms with E-state index in [1.807, 2.05) is 42.5 Å². The van der Waals surface area contributed by atoms with Crippen LogP contribution < -0.4 is 4.74 Å². The average Bonchev–Trinajstić information content (AvgIpc) is 3.36. The van der Waals surface area contributed by atoms with Crippen molar-refractivity contribution in [1.82, 2.24) is 9.80 Å². The number of ether oxygens (including phenoxy) is 1. The molecule has 1 saturated heterocycles. The van der Waals surface area contributed by atoms with Crippen LogP contribution in [0.15, 0.2) is 85.5 Å². The number of benzene rings is 2. The molecule has 2 saturated carbocycles. The van der Waals surface area contributed by atoms with Crippen molar-refractivity contribution in [3.05, 3.63) is 96.6 Å². The number of carbonyl (C=O) groups excluding carboxylic acids is 2. The number of piperazine rings is 1. The molecule has 218 valence electrons. The zero-order valence-corrected chi connectivity index (χ0v) is 24.6. The summed E-state index contributed by atoms with van der Waals surface area (Å²) in [6.45, 7) is 16.9. The molecule has 3 aliphatic rings. The van der Waals surface area contributed by atoms with Gasteiger partial charge in [0.25, 0.3) is 0 Å². The molecule has 0 amide bonds. The number of fused-ring (bicyclic) bond motifs is 1. The van der Waals surface area contributed by atoms with E-state index in [2.05, 4.69) is 36.6 Å². The summed E-state index contributed by atoms with van der Waals surface area (Å²) in [5, 5.41) is 9.97. The molecule has 4 atom stereocenters.